The molecule has 0 aliphatic heterocycles. The summed E-state index contributed by atoms with van der Waals surface area (Å²) in [4.78, 5) is 35.4. The van der Waals surface area contributed by atoms with E-state index in [0.717, 1.165) is 0 Å². The minimum Gasteiger partial charge on any atom is -0.486 e. The van der Waals surface area contributed by atoms with Crippen molar-refractivity contribution in [2.75, 3.05) is 11.9 Å². The Balaban J connectivity index is 1.41. The largest absolute Gasteiger partial charge is 0.486 e. The van der Waals surface area contributed by atoms with E-state index in [1.54, 1.807) is 48.5 Å². The number of amides is 3. The summed E-state index contributed by atoms with van der Waals surface area (Å²) in [5, 5.41) is 4.54. The third-order valence-electron chi connectivity index (χ3n) is 3.61. The molecule has 0 spiro atoms. The topological polar surface area (TPSA) is 107 Å². The van der Waals surface area contributed by atoms with Crippen LogP contribution in [0.25, 0.3) is 0 Å². The molecule has 3 amide bonds. The van der Waals surface area contributed by atoms with E-state index >= 15 is 0 Å². The van der Waals surface area contributed by atoms with Gasteiger partial charge in [-0.05, 0) is 36.4 Å². The molecule has 0 atom stereocenters. The van der Waals surface area contributed by atoms with Crippen molar-refractivity contribution in [3.8, 4) is 5.75 Å². The molecule has 3 rings (SSSR count). The number of ether oxygens (including phenoxy) is 2. The third-order valence-corrected chi connectivity index (χ3v) is 3.61. The van der Waals surface area contributed by atoms with E-state index < -0.39 is 24.5 Å². The van der Waals surface area contributed by atoms with Crippen LogP contribution in [-0.2, 0) is 16.1 Å². The average molecular weight is 394 g/mol. The van der Waals surface area contributed by atoms with Gasteiger partial charge in [0, 0.05) is 5.69 Å². The molecule has 1 heterocycles. The number of nitrogens with one attached hydrogen (secondary N) is 2. The fraction of sp³-hybridized carbons (Fsp3) is 0.0952. The van der Waals surface area contributed by atoms with Crippen molar-refractivity contribution in [3.05, 3.63) is 84.3 Å². The number of esters is 1. The second kappa shape index (κ2) is 9.75. The van der Waals surface area contributed by atoms with Crippen molar-refractivity contribution in [2.24, 2.45) is 0 Å². The van der Waals surface area contributed by atoms with Gasteiger partial charge in [0.2, 0.25) is 5.76 Å². The Morgan fingerprint density at radius 2 is 1.55 bits per heavy atom. The van der Waals surface area contributed by atoms with Gasteiger partial charge in [0.25, 0.3) is 5.91 Å². The van der Waals surface area contributed by atoms with E-state index in [9.17, 15) is 14.4 Å². The van der Waals surface area contributed by atoms with Gasteiger partial charge >= 0.3 is 12.0 Å². The van der Waals surface area contributed by atoms with Crippen LogP contribution in [0.5, 0.6) is 5.75 Å². The first kappa shape index (κ1) is 19.7. The number of anilines is 1. The summed E-state index contributed by atoms with van der Waals surface area (Å²) in [5.74, 6) is -0.579. The fourth-order valence-electron chi connectivity index (χ4n) is 2.29. The quantitative estimate of drug-likeness (QED) is 0.595. The Morgan fingerprint density at radius 1 is 0.862 bits per heavy atom. The Morgan fingerprint density at radius 3 is 2.28 bits per heavy atom. The van der Waals surface area contributed by atoms with Crippen molar-refractivity contribution in [1.29, 1.82) is 0 Å². The Labute approximate surface area is 166 Å². The summed E-state index contributed by atoms with van der Waals surface area (Å²) in [6, 6.07) is 20.0. The second-order valence-corrected chi connectivity index (χ2v) is 5.81. The molecule has 3 aromatic rings. The first-order valence-electron chi connectivity index (χ1n) is 8.70. The molecule has 0 radical (unpaired) electrons. The Hall–Kier alpha value is -4.07. The first-order valence-corrected chi connectivity index (χ1v) is 8.70. The molecule has 8 nitrogen and oxygen atoms in total. The zero-order valence-corrected chi connectivity index (χ0v) is 15.3. The number of hydrogen-bond donors (Lipinski definition) is 2. The highest BCUT2D eigenvalue weighted by atomic mass is 16.6. The Kier molecular flexibility index (Phi) is 6.62. The maximum Gasteiger partial charge on any atom is 0.374 e. The highest BCUT2D eigenvalue weighted by Gasteiger charge is 2.16. The number of imide groups is 1. The van der Waals surface area contributed by atoms with Crippen LogP contribution in [0.4, 0.5) is 10.5 Å². The van der Waals surface area contributed by atoms with Gasteiger partial charge in [-0.1, -0.05) is 36.4 Å². The van der Waals surface area contributed by atoms with Crippen molar-refractivity contribution in [2.45, 2.75) is 6.61 Å². The van der Waals surface area contributed by atoms with Gasteiger partial charge in [-0.25, -0.2) is 9.59 Å². The van der Waals surface area contributed by atoms with Crippen LogP contribution >= 0.6 is 0 Å². The van der Waals surface area contributed by atoms with Gasteiger partial charge in [-0.2, -0.15) is 0 Å². The summed E-state index contributed by atoms with van der Waals surface area (Å²) in [6.45, 7) is -0.491. The number of carbonyl (C=O) groups is 3. The van der Waals surface area contributed by atoms with E-state index in [-0.39, 0.29) is 12.4 Å². The van der Waals surface area contributed by atoms with Gasteiger partial charge in [0.15, 0.2) is 6.61 Å². The van der Waals surface area contributed by atoms with Crippen LogP contribution in [0, 0.1) is 0 Å². The molecule has 148 valence electrons. The molecule has 0 saturated heterocycles. The lowest BCUT2D eigenvalue weighted by atomic mass is 10.3. The van der Waals surface area contributed by atoms with E-state index in [0.29, 0.717) is 17.2 Å². The molecule has 29 heavy (non-hydrogen) atoms. The maximum absolute atomic E-state index is 12.0. The zero-order valence-electron chi connectivity index (χ0n) is 15.3. The molecular weight excluding hydrogens is 376 g/mol. The van der Waals surface area contributed by atoms with Crippen LogP contribution in [0.15, 0.2) is 77.2 Å². The molecule has 2 N–H and O–H groups in total. The molecule has 2 aromatic carbocycles. The molecule has 0 bridgehead atoms. The summed E-state index contributed by atoms with van der Waals surface area (Å²) < 4.78 is 15.7. The predicted octanol–water partition coefficient (Wildman–Crippen LogP) is 3.36. The lowest BCUT2D eigenvalue weighted by Gasteiger charge is -2.07. The number of urea groups is 1. The lowest BCUT2D eigenvalue weighted by Crippen LogP contribution is -2.37. The lowest BCUT2D eigenvalue weighted by molar-refractivity contribution is -0.123. The van der Waals surface area contributed by atoms with Crippen LogP contribution in [0.3, 0.4) is 0 Å². The number of rotatable bonds is 7. The molecule has 0 fully saturated rings. The fourth-order valence-corrected chi connectivity index (χ4v) is 2.29. The van der Waals surface area contributed by atoms with Crippen molar-refractivity contribution in [3.63, 3.8) is 0 Å². The third kappa shape index (κ3) is 6.24. The highest BCUT2D eigenvalue weighted by Crippen LogP contribution is 2.14. The smallest absolute Gasteiger partial charge is 0.374 e. The molecule has 0 aliphatic rings. The number of furan rings is 1. The molecular formula is C21H18N2O6. The molecule has 8 heteroatoms. The predicted molar refractivity (Wildman–Crippen MR) is 103 cm³/mol. The molecule has 0 saturated carbocycles. The van der Waals surface area contributed by atoms with E-state index in [2.05, 4.69) is 10.6 Å². The van der Waals surface area contributed by atoms with Gasteiger partial charge in [0.1, 0.15) is 18.1 Å². The minimum absolute atomic E-state index is 0.0711. The molecule has 0 aliphatic carbocycles. The van der Waals surface area contributed by atoms with Crippen LogP contribution in [0.2, 0.25) is 0 Å². The normalized spacial score (nSPS) is 10.1. The second-order valence-electron chi connectivity index (χ2n) is 5.81. The number of benzene rings is 2. The van der Waals surface area contributed by atoms with E-state index in [1.165, 1.54) is 6.07 Å². The zero-order chi connectivity index (χ0) is 20.5. The first-order chi connectivity index (χ1) is 14.1. The van der Waals surface area contributed by atoms with Crippen LogP contribution < -0.4 is 15.4 Å². The number of para-hydroxylation sites is 2. The van der Waals surface area contributed by atoms with Crippen molar-refractivity contribution in [1.82, 2.24) is 5.32 Å². The monoisotopic (exact) mass is 394 g/mol. The number of hydrogen-bond acceptors (Lipinski definition) is 6. The van der Waals surface area contributed by atoms with Gasteiger partial charge < -0.3 is 19.2 Å². The maximum atomic E-state index is 12.0. The SMILES string of the molecule is O=C(COC(=O)c1ccc(COc2ccccc2)o1)NC(=O)Nc1ccccc1. The van der Waals surface area contributed by atoms with Crippen molar-refractivity contribution >= 4 is 23.6 Å². The molecule has 0 unspecified atom stereocenters. The van der Waals surface area contributed by atoms with Crippen molar-refractivity contribution < 1.29 is 28.3 Å². The van der Waals surface area contributed by atoms with E-state index in [4.69, 9.17) is 13.9 Å². The highest BCUT2D eigenvalue weighted by molar-refractivity contribution is 6.02. The average Bonchev–Trinajstić information content (AvgIpc) is 3.21. The van der Waals surface area contributed by atoms with Gasteiger partial charge in [-0.3, -0.25) is 10.1 Å². The molecule has 1 aromatic heterocycles. The standard InChI is InChI=1S/C21H18N2O6/c24-19(23-21(26)22-15-7-3-1-4-8-15)14-28-20(25)18-12-11-17(29-18)13-27-16-9-5-2-6-10-16/h1-12H,13-14H2,(H2,22,23,24,26). The van der Waals surface area contributed by atoms with Crippen LogP contribution in [0.1, 0.15) is 16.3 Å². The Bertz CT molecular complexity index is 969. The summed E-state index contributed by atoms with van der Waals surface area (Å²) in [6.07, 6.45) is 0. The van der Waals surface area contributed by atoms with E-state index in [1.807, 2.05) is 18.2 Å². The van der Waals surface area contributed by atoms with Gasteiger partial charge in [-0.15, -0.1) is 0 Å². The summed E-state index contributed by atoms with van der Waals surface area (Å²) >= 11 is 0. The van der Waals surface area contributed by atoms with Crippen LogP contribution in [-0.4, -0.2) is 24.5 Å². The number of carbonyl (C=O) groups excluding carboxylic acids is 3. The minimum atomic E-state index is -0.824. The summed E-state index contributed by atoms with van der Waals surface area (Å²) in [5.41, 5.74) is 0.524. The van der Waals surface area contributed by atoms with Gasteiger partial charge in [0.05, 0.1) is 0 Å². The summed E-state index contributed by atoms with van der Waals surface area (Å²) in [7, 11) is 0.